The summed E-state index contributed by atoms with van der Waals surface area (Å²) in [6, 6.07) is 13.9. The molecule has 4 rings (SSSR count). The van der Waals surface area contributed by atoms with E-state index in [-0.39, 0.29) is 5.91 Å². The smallest absolute Gasteiger partial charge is 0.220 e. The number of pyridine rings is 1. The molecule has 3 aromatic rings. The molecule has 0 bridgehead atoms. The Hall–Kier alpha value is -2.89. The number of aryl methyl sites for hydroxylation is 1. The van der Waals surface area contributed by atoms with Gasteiger partial charge >= 0.3 is 0 Å². The number of rotatable bonds is 6. The monoisotopic (exact) mass is 363 g/mol. The van der Waals surface area contributed by atoms with Crippen LogP contribution in [0.25, 0.3) is 11.0 Å². The Balaban J connectivity index is 1.24. The van der Waals surface area contributed by atoms with Gasteiger partial charge in [0, 0.05) is 38.7 Å². The highest BCUT2D eigenvalue weighted by atomic mass is 16.1. The molecule has 27 heavy (non-hydrogen) atoms. The summed E-state index contributed by atoms with van der Waals surface area (Å²) in [7, 11) is 0. The van der Waals surface area contributed by atoms with Crippen molar-refractivity contribution < 1.29 is 4.79 Å². The summed E-state index contributed by atoms with van der Waals surface area (Å²) in [4.78, 5) is 26.8. The Kier molecular flexibility index (Phi) is 5.32. The van der Waals surface area contributed by atoms with Crippen LogP contribution in [-0.4, -0.2) is 40.5 Å². The van der Waals surface area contributed by atoms with Crippen molar-refractivity contribution in [3.05, 3.63) is 54.5 Å². The molecule has 0 spiro atoms. The summed E-state index contributed by atoms with van der Waals surface area (Å²) in [6.07, 6.45) is 5.20. The van der Waals surface area contributed by atoms with Crippen molar-refractivity contribution in [2.24, 2.45) is 5.92 Å². The molecule has 6 heteroatoms. The van der Waals surface area contributed by atoms with Crippen LogP contribution in [0.4, 0.5) is 5.82 Å². The number of nitrogens with zero attached hydrogens (tertiary/aromatic N) is 3. The van der Waals surface area contributed by atoms with Gasteiger partial charge in [0.2, 0.25) is 5.91 Å². The summed E-state index contributed by atoms with van der Waals surface area (Å²) < 4.78 is 0. The average Bonchev–Trinajstić information content (AvgIpc) is 3.15. The second kappa shape index (κ2) is 8.20. The number of aromatic amines is 1. The van der Waals surface area contributed by atoms with Crippen LogP contribution in [0, 0.1) is 5.92 Å². The Morgan fingerprint density at radius 2 is 2.11 bits per heavy atom. The number of piperidine rings is 1. The van der Waals surface area contributed by atoms with Crippen LogP contribution in [-0.2, 0) is 11.2 Å². The third-order valence-electron chi connectivity index (χ3n) is 5.11. The number of amides is 1. The highest BCUT2D eigenvalue weighted by Gasteiger charge is 2.21. The largest absolute Gasteiger partial charge is 0.356 e. The Morgan fingerprint density at radius 3 is 2.96 bits per heavy atom. The first-order valence-electron chi connectivity index (χ1n) is 9.64. The van der Waals surface area contributed by atoms with Gasteiger partial charge in [0.15, 0.2) is 0 Å². The van der Waals surface area contributed by atoms with Gasteiger partial charge in [0.25, 0.3) is 0 Å². The molecule has 1 atom stereocenters. The van der Waals surface area contributed by atoms with Crippen molar-refractivity contribution in [2.75, 3.05) is 24.5 Å². The molecule has 0 aliphatic carbocycles. The van der Waals surface area contributed by atoms with Crippen molar-refractivity contribution in [2.45, 2.75) is 25.7 Å². The number of carbonyl (C=O) groups excluding carboxylic acids is 1. The van der Waals surface area contributed by atoms with Gasteiger partial charge in [-0.05, 0) is 43.0 Å². The molecule has 1 aliphatic rings. The number of imidazole rings is 1. The summed E-state index contributed by atoms with van der Waals surface area (Å²) in [5.74, 6) is 2.45. The molecule has 140 valence electrons. The quantitative estimate of drug-likeness (QED) is 0.706. The summed E-state index contributed by atoms with van der Waals surface area (Å²) in [5, 5.41) is 3.10. The van der Waals surface area contributed by atoms with E-state index < -0.39 is 0 Å². The second-order valence-electron chi connectivity index (χ2n) is 7.15. The molecule has 0 radical (unpaired) electrons. The lowest BCUT2D eigenvalue weighted by atomic mass is 9.98. The molecular weight excluding hydrogens is 338 g/mol. The minimum atomic E-state index is 0.0883. The zero-order valence-corrected chi connectivity index (χ0v) is 15.4. The van der Waals surface area contributed by atoms with E-state index in [2.05, 4.69) is 25.2 Å². The maximum atomic E-state index is 12.2. The number of H-pyrrole nitrogens is 1. The molecule has 1 aromatic carbocycles. The van der Waals surface area contributed by atoms with Gasteiger partial charge in [-0.3, -0.25) is 4.79 Å². The normalized spacial score (nSPS) is 17.2. The Morgan fingerprint density at radius 1 is 1.22 bits per heavy atom. The van der Waals surface area contributed by atoms with Crippen LogP contribution < -0.4 is 10.2 Å². The van der Waals surface area contributed by atoms with Crippen molar-refractivity contribution in [3.63, 3.8) is 0 Å². The molecule has 6 nitrogen and oxygen atoms in total. The first-order chi connectivity index (χ1) is 13.3. The number of hydrogen-bond acceptors (Lipinski definition) is 4. The number of fused-ring (bicyclic) bond motifs is 1. The molecule has 2 aromatic heterocycles. The minimum absolute atomic E-state index is 0.0883. The van der Waals surface area contributed by atoms with E-state index in [9.17, 15) is 4.79 Å². The van der Waals surface area contributed by atoms with Gasteiger partial charge in [0.1, 0.15) is 11.6 Å². The van der Waals surface area contributed by atoms with E-state index in [1.807, 2.05) is 48.7 Å². The first-order valence-corrected chi connectivity index (χ1v) is 9.64. The molecule has 1 aliphatic heterocycles. The SMILES string of the molecule is O=C(CCc1nc2ccccc2[nH]1)NC[C@H]1CCCN(c2ccccn2)C1. The summed E-state index contributed by atoms with van der Waals surface area (Å²) >= 11 is 0. The fourth-order valence-electron chi connectivity index (χ4n) is 3.68. The first kappa shape index (κ1) is 17.5. The number of carbonyl (C=O) groups is 1. The predicted octanol–water partition coefficient (Wildman–Crippen LogP) is 2.92. The highest BCUT2D eigenvalue weighted by molar-refractivity contribution is 5.77. The van der Waals surface area contributed by atoms with Crippen molar-refractivity contribution in [1.82, 2.24) is 20.3 Å². The number of hydrogen-bond donors (Lipinski definition) is 2. The lowest BCUT2D eigenvalue weighted by Crippen LogP contribution is -2.41. The average molecular weight is 363 g/mol. The standard InChI is InChI=1S/C21H25N5O/c27-21(11-10-19-24-17-7-1-2-8-18(17)25-19)23-14-16-6-5-13-26(15-16)20-9-3-4-12-22-20/h1-4,7-9,12,16H,5-6,10-11,13-15H2,(H,23,27)(H,24,25)/t16-/m1/s1. The van der Waals surface area contributed by atoms with Gasteiger partial charge in [-0.1, -0.05) is 18.2 Å². The van der Waals surface area contributed by atoms with E-state index in [0.29, 0.717) is 18.8 Å². The van der Waals surface area contributed by atoms with Gasteiger partial charge in [-0.25, -0.2) is 9.97 Å². The Labute approximate surface area is 159 Å². The maximum absolute atomic E-state index is 12.2. The maximum Gasteiger partial charge on any atom is 0.220 e. The number of benzene rings is 1. The van der Waals surface area contributed by atoms with Gasteiger partial charge in [0.05, 0.1) is 11.0 Å². The van der Waals surface area contributed by atoms with Gasteiger partial charge in [-0.15, -0.1) is 0 Å². The third kappa shape index (κ3) is 4.45. The van der Waals surface area contributed by atoms with Gasteiger partial charge < -0.3 is 15.2 Å². The van der Waals surface area contributed by atoms with E-state index in [4.69, 9.17) is 0 Å². The van der Waals surface area contributed by atoms with Crippen LogP contribution in [0.15, 0.2) is 48.7 Å². The number of nitrogens with one attached hydrogen (secondary N) is 2. The fraction of sp³-hybridized carbons (Fsp3) is 0.381. The topological polar surface area (TPSA) is 73.9 Å². The van der Waals surface area contributed by atoms with Crippen LogP contribution in [0.5, 0.6) is 0 Å². The van der Waals surface area contributed by atoms with Crippen LogP contribution in [0.1, 0.15) is 25.1 Å². The van der Waals surface area contributed by atoms with Crippen molar-refractivity contribution >= 4 is 22.8 Å². The lowest BCUT2D eigenvalue weighted by molar-refractivity contribution is -0.121. The van der Waals surface area contributed by atoms with E-state index in [1.165, 1.54) is 0 Å². The Bertz CT molecular complexity index is 859. The molecule has 0 unspecified atom stereocenters. The van der Waals surface area contributed by atoms with Gasteiger partial charge in [-0.2, -0.15) is 0 Å². The molecule has 1 amide bonds. The number of para-hydroxylation sites is 2. The van der Waals surface area contributed by atoms with Crippen molar-refractivity contribution in [3.8, 4) is 0 Å². The molecular formula is C21H25N5O. The molecule has 3 heterocycles. The zero-order valence-electron chi connectivity index (χ0n) is 15.4. The second-order valence-corrected chi connectivity index (χ2v) is 7.15. The van der Waals surface area contributed by atoms with Crippen LogP contribution in [0.3, 0.4) is 0 Å². The fourth-order valence-corrected chi connectivity index (χ4v) is 3.68. The zero-order chi connectivity index (χ0) is 18.5. The number of anilines is 1. The van der Waals surface area contributed by atoms with E-state index in [1.54, 1.807) is 0 Å². The number of aromatic nitrogens is 3. The molecule has 2 N–H and O–H groups in total. The molecule has 1 saturated heterocycles. The molecule has 1 fully saturated rings. The van der Waals surface area contributed by atoms with Crippen LogP contribution >= 0.6 is 0 Å². The van der Waals surface area contributed by atoms with E-state index >= 15 is 0 Å². The summed E-state index contributed by atoms with van der Waals surface area (Å²) in [5.41, 5.74) is 1.97. The lowest BCUT2D eigenvalue weighted by Gasteiger charge is -2.33. The van der Waals surface area contributed by atoms with Crippen molar-refractivity contribution in [1.29, 1.82) is 0 Å². The minimum Gasteiger partial charge on any atom is -0.356 e. The van der Waals surface area contributed by atoms with Crippen LogP contribution in [0.2, 0.25) is 0 Å². The summed E-state index contributed by atoms with van der Waals surface area (Å²) in [6.45, 7) is 2.71. The highest BCUT2D eigenvalue weighted by Crippen LogP contribution is 2.20. The third-order valence-corrected chi connectivity index (χ3v) is 5.11. The van der Waals surface area contributed by atoms with E-state index in [0.717, 1.165) is 55.2 Å². The predicted molar refractivity (Wildman–Crippen MR) is 107 cm³/mol. The molecule has 0 saturated carbocycles.